The van der Waals surface area contributed by atoms with Gasteiger partial charge in [0.1, 0.15) is 5.82 Å². The number of nitrogen functional groups attached to an aromatic ring is 1. The summed E-state index contributed by atoms with van der Waals surface area (Å²) in [6.45, 7) is 0. The third-order valence-corrected chi connectivity index (χ3v) is 2.72. The number of nitrogens with one attached hydrogen (secondary N) is 1. The van der Waals surface area contributed by atoms with E-state index >= 15 is 0 Å². The average Bonchev–Trinajstić information content (AvgIpc) is 2.39. The summed E-state index contributed by atoms with van der Waals surface area (Å²) in [6, 6.07) is 8.91. The third-order valence-electron chi connectivity index (χ3n) is 2.72. The monoisotopic (exact) mass is 238 g/mol. The van der Waals surface area contributed by atoms with Crippen molar-refractivity contribution in [1.82, 2.24) is 15.0 Å². The van der Waals surface area contributed by atoms with Crippen molar-refractivity contribution >= 4 is 16.6 Å². The molecule has 2 aromatic heterocycles. The Labute approximate surface area is 102 Å². The molecule has 3 rings (SSSR count). The summed E-state index contributed by atoms with van der Waals surface area (Å²) in [6.07, 6.45) is 3.14. The zero-order valence-corrected chi connectivity index (χ0v) is 9.42. The predicted molar refractivity (Wildman–Crippen MR) is 70.0 cm³/mol. The minimum Gasteiger partial charge on any atom is -0.397 e. The summed E-state index contributed by atoms with van der Waals surface area (Å²) in [4.78, 5) is 23.0. The first-order valence-electron chi connectivity index (χ1n) is 5.44. The number of hydrogen-bond acceptors (Lipinski definition) is 4. The van der Waals surface area contributed by atoms with E-state index in [-0.39, 0.29) is 5.56 Å². The lowest BCUT2D eigenvalue weighted by molar-refractivity contribution is 1.17. The first kappa shape index (κ1) is 10.5. The van der Waals surface area contributed by atoms with Gasteiger partial charge in [-0.1, -0.05) is 12.1 Å². The second kappa shape index (κ2) is 3.96. The molecule has 0 unspecified atom stereocenters. The molecular weight excluding hydrogens is 228 g/mol. The molecule has 0 fully saturated rings. The second-order valence-electron chi connectivity index (χ2n) is 3.89. The molecule has 0 aliphatic heterocycles. The number of hydrogen-bond donors (Lipinski definition) is 2. The van der Waals surface area contributed by atoms with E-state index in [2.05, 4.69) is 15.0 Å². The lowest BCUT2D eigenvalue weighted by Crippen LogP contribution is -2.10. The Morgan fingerprint density at radius 2 is 2.00 bits per heavy atom. The van der Waals surface area contributed by atoms with Crippen molar-refractivity contribution in [3.05, 3.63) is 53.1 Å². The number of nitrogens with two attached hydrogens (primary N) is 1. The highest BCUT2D eigenvalue weighted by molar-refractivity contribution is 5.80. The van der Waals surface area contributed by atoms with E-state index in [0.717, 1.165) is 0 Å². The van der Waals surface area contributed by atoms with Gasteiger partial charge in [0.15, 0.2) is 0 Å². The number of H-pyrrole nitrogens is 1. The van der Waals surface area contributed by atoms with Crippen LogP contribution in [-0.2, 0) is 0 Å². The number of anilines is 1. The van der Waals surface area contributed by atoms with Gasteiger partial charge < -0.3 is 10.7 Å². The number of aromatic amines is 1. The molecular formula is C13H10N4O. The van der Waals surface area contributed by atoms with Crippen LogP contribution in [0.15, 0.2) is 47.5 Å². The number of rotatable bonds is 1. The SMILES string of the molecule is Nc1cnccc1-c1nc2ccccc2c(=O)[nH]1. The van der Waals surface area contributed by atoms with E-state index in [1.807, 2.05) is 6.07 Å². The molecule has 0 saturated heterocycles. The van der Waals surface area contributed by atoms with Crippen LogP contribution in [0.2, 0.25) is 0 Å². The van der Waals surface area contributed by atoms with Crippen LogP contribution in [0, 0.1) is 0 Å². The summed E-state index contributed by atoms with van der Waals surface area (Å²) in [5.74, 6) is 0.457. The summed E-state index contributed by atoms with van der Waals surface area (Å²) in [5, 5.41) is 0.564. The maximum Gasteiger partial charge on any atom is 0.259 e. The van der Waals surface area contributed by atoms with Crippen LogP contribution in [0.1, 0.15) is 0 Å². The van der Waals surface area contributed by atoms with Gasteiger partial charge >= 0.3 is 0 Å². The van der Waals surface area contributed by atoms with Crippen molar-refractivity contribution < 1.29 is 0 Å². The van der Waals surface area contributed by atoms with Gasteiger partial charge in [-0.25, -0.2) is 4.98 Å². The van der Waals surface area contributed by atoms with Crippen LogP contribution in [-0.4, -0.2) is 15.0 Å². The quantitative estimate of drug-likeness (QED) is 0.673. The molecule has 0 aliphatic rings. The second-order valence-corrected chi connectivity index (χ2v) is 3.89. The summed E-state index contributed by atoms with van der Waals surface area (Å²) >= 11 is 0. The smallest absolute Gasteiger partial charge is 0.259 e. The Balaban J connectivity index is 2.32. The number of nitrogens with zero attached hydrogens (tertiary/aromatic N) is 2. The van der Waals surface area contributed by atoms with Crippen LogP contribution in [0.5, 0.6) is 0 Å². The maximum atomic E-state index is 11.9. The van der Waals surface area contributed by atoms with Gasteiger partial charge in [-0.15, -0.1) is 0 Å². The molecule has 5 nitrogen and oxygen atoms in total. The highest BCUT2D eigenvalue weighted by Crippen LogP contribution is 2.21. The van der Waals surface area contributed by atoms with Crippen molar-refractivity contribution in [2.24, 2.45) is 0 Å². The van der Waals surface area contributed by atoms with Crippen molar-refractivity contribution in [2.75, 3.05) is 5.73 Å². The van der Waals surface area contributed by atoms with E-state index in [1.54, 1.807) is 30.5 Å². The maximum absolute atomic E-state index is 11.9. The minimum absolute atomic E-state index is 0.174. The van der Waals surface area contributed by atoms with Crippen LogP contribution < -0.4 is 11.3 Å². The third kappa shape index (κ3) is 1.62. The molecule has 0 saturated carbocycles. The van der Waals surface area contributed by atoms with Crippen molar-refractivity contribution in [1.29, 1.82) is 0 Å². The number of pyridine rings is 1. The zero-order chi connectivity index (χ0) is 12.5. The number of para-hydroxylation sites is 1. The van der Waals surface area contributed by atoms with E-state index < -0.39 is 0 Å². The largest absolute Gasteiger partial charge is 0.397 e. The Morgan fingerprint density at radius 1 is 1.17 bits per heavy atom. The van der Waals surface area contributed by atoms with Gasteiger partial charge in [-0.3, -0.25) is 9.78 Å². The molecule has 88 valence electrons. The van der Waals surface area contributed by atoms with Crippen molar-refractivity contribution in [2.45, 2.75) is 0 Å². The van der Waals surface area contributed by atoms with Crippen LogP contribution in [0.4, 0.5) is 5.69 Å². The fourth-order valence-corrected chi connectivity index (χ4v) is 1.84. The molecule has 3 N–H and O–H groups in total. The fourth-order valence-electron chi connectivity index (χ4n) is 1.84. The molecule has 2 heterocycles. The Hall–Kier alpha value is -2.69. The highest BCUT2D eigenvalue weighted by atomic mass is 16.1. The van der Waals surface area contributed by atoms with E-state index in [1.165, 1.54) is 6.20 Å². The van der Waals surface area contributed by atoms with Gasteiger partial charge in [-0.2, -0.15) is 0 Å². The average molecular weight is 238 g/mol. The zero-order valence-electron chi connectivity index (χ0n) is 9.42. The molecule has 0 bridgehead atoms. The van der Waals surface area contributed by atoms with E-state index in [0.29, 0.717) is 28.0 Å². The summed E-state index contributed by atoms with van der Waals surface area (Å²) in [5.41, 5.74) is 7.45. The van der Waals surface area contributed by atoms with Crippen LogP contribution >= 0.6 is 0 Å². The predicted octanol–water partition coefficient (Wildman–Crippen LogP) is 1.57. The number of aromatic nitrogens is 3. The molecule has 5 heteroatoms. The van der Waals surface area contributed by atoms with Crippen LogP contribution in [0.3, 0.4) is 0 Å². The summed E-state index contributed by atoms with van der Waals surface area (Å²) < 4.78 is 0. The lowest BCUT2D eigenvalue weighted by atomic mass is 10.2. The number of benzene rings is 1. The first-order chi connectivity index (χ1) is 8.75. The van der Waals surface area contributed by atoms with Gasteiger partial charge in [-0.05, 0) is 18.2 Å². The van der Waals surface area contributed by atoms with E-state index in [4.69, 9.17) is 5.73 Å². The van der Waals surface area contributed by atoms with E-state index in [9.17, 15) is 4.79 Å². The Kier molecular flexibility index (Phi) is 2.30. The normalized spacial score (nSPS) is 10.7. The molecule has 0 amide bonds. The Bertz CT molecular complexity index is 779. The van der Waals surface area contributed by atoms with Crippen molar-refractivity contribution in [3.8, 4) is 11.4 Å². The number of fused-ring (bicyclic) bond motifs is 1. The van der Waals surface area contributed by atoms with Gasteiger partial charge in [0.2, 0.25) is 0 Å². The molecule has 0 radical (unpaired) electrons. The lowest BCUT2D eigenvalue weighted by Gasteiger charge is -2.05. The molecule has 1 aromatic carbocycles. The van der Waals surface area contributed by atoms with Crippen molar-refractivity contribution in [3.63, 3.8) is 0 Å². The van der Waals surface area contributed by atoms with Gasteiger partial charge in [0, 0.05) is 11.8 Å². The highest BCUT2D eigenvalue weighted by Gasteiger charge is 2.07. The molecule has 0 atom stereocenters. The van der Waals surface area contributed by atoms with Gasteiger partial charge in [0.05, 0.1) is 22.8 Å². The standard InChI is InChI=1S/C13H10N4O/c14-10-7-15-6-5-8(10)12-16-11-4-2-1-3-9(11)13(18)17-12/h1-7H,14H2,(H,16,17,18). The van der Waals surface area contributed by atoms with Gasteiger partial charge in [0.25, 0.3) is 5.56 Å². The molecule has 0 spiro atoms. The minimum atomic E-state index is -0.174. The molecule has 3 aromatic rings. The Morgan fingerprint density at radius 3 is 2.83 bits per heavy atom. The summed E-state index contributed by atoms with van der Waals surface area (Å²) in [7, 11) is 0. The van der Waals surface area contributed by atoms with Crippen LogP contribution in [0.25, 0.3) is 22.3 Å². The topological polar surface area (TPSA) is 84.7 Å². The first-order valence-corrected chi connectivity index (χ1v) is 5.44. The molecule has 0 aliphatic carbocycles. The molecule has 18 heavy (non-hydrogen) atoms. The fraction of sp³-hybridized carbons (Fsp3) is 0.